The number of ether oxygens (including phenoxy) is 1. The highest BCUT2D eigenvalue weighted by molar-refractivity contribution is 5.95. The summed E-state index contributed by atoms with van der Waals surface area (Å²) in [4.78, 5) is 29.0. The molecule has 148 valence electrons. The zero-order valence-electron chi connectivity index (χ0n) is 16.6. The van der Waals surface area contributed by atoms with E-state index in [1.54, 1.807) is 31.4 Å². The Morgan fingerprint density at radius 3 is 2.14 bits per heavy atom. The van der Waals surface area contributed by atoms with Crippen molar-refractivity contribution in [2.24, 2.45) is 5.92 Å². The Bertz CT molecular complexity index is 808. The molecular formula is C22H27N3O3. The molecule has 1 fully saturated rings. The molecule has 0 aliphatic carbocycles. The quantitative estimate of drug-likeness (QED) is 0.864. The van der Waals surface area contributed by atoms with Crippen molar-refractivity contribution < 1.29 is 14.3 Å². The average molecular weight is 381 g/mol. The van der Waals surface area contributed by atoms with E-state index in [1.807, 2.05) is 48.2 Å². The molecule has 0 bridgehead atoms. The molecule has 2 aromatic carbocycles. The Morgan fingerprint density at radius 1 is 1.00 bits per heavy atom. The van der Waals surface area contributed by atoms with Crippen molar-refractivity contribution in [2.45, 2.75) is 12.8 Å². The second kappa shape index (κ2) is 8.78. The number of hydrogen-bond acceptors (Lipinski definition) is 4. The van der Waals surface area contributed by atoms with Crippen molar-refractivity contribution in [3.05, 3.63) is 54.1 Å². The fourth-order valence-corrected chi connectivity index (χ4v) is 3.35. The van der Waals surface area contributed by atoms with Gasteiger partial charge in [-0.25, -0.2) is 0 Å². The van der Waals surface area contributed by atoms with Gasteiger partial charge in [-0.2, -0.15) is 0 Å². The van der Waals surface area contributed by atoms with Gasteiger partial charge in [0, 0.05) is 50.0 Å². The molecule has 1 saturated heterocycles. The molecule has 1 heterocycles. The number of benzene rings is 2. The van der Waals surface area contributed by atoms with Gasteiger partial charge in [0.25, 0.3) is 5.91 Å². The number of methoxy groups -OCH3 is 1. The molecule has 1 N–H and O–H groups in total. The topological polar surface area (TPSA) is 61.9 Å². The molecule has 0 unspecified atom stereocenters. The summed E-state index contributed by atoms with van der Waals surface area (Å²) < 4.78 is 5.13. The minimum Gasteiger partial charge on any atom is -0.497 e. The van der Waals surface area contributed by atoms with Crippen LogP contribution in [0, 0.1) is 5.92 Å². The molecule has 6 nitrogen and oxygen atoms in total. The van der Waals surface area contributed by atoms with Crippen molar-refractivity contribution in [3.8, 4) is 5.75 Å². The Hall–Kier alpha value is -3.02. The Kier molecular flexibility index (Phi) is 6.19. The van der Waals surface area contributed by atoms with Gasteiger partial charge in [-0.3, -0.25) is 9.59 Å². The third kappa shape index (κ3) is 4.63. The first-order chi connectivity index (χ1) is 13.5. The van der Waals surface area contributed by atoms with Crippen LogP contribution in [0.3, 0.4) is 0 Å². The number of nitrogens with one attached hydrogen (secondary N) is 1. The lowest BCUT2D eigenvalue weighted by Crippen LogP contribution is -2.41. The van der Waals surface area contributed by atoms with Crippen molar-refractivity contribution in [2.75, 3.05) is 44.5 Å². The van der Waals surface area contributed by atoms with E-state index in [1.165, 1.54) is 0 Å². The third-order valence-corrected chi connectivity index (χ3v) is 5.14. The van der Waals surface area contributed by atoms with Gasteiger partial charge in [0.15, 0.2) is 0 Å². The second-order valence-corrected chi connectivity index (χ2v) is 7.23. The zero-order valence-corrected chi connectivity index (χ0v) is 16.6. The summed E-state index contributed by atoms with van der Waals surface area (Å²) >= 11 is 0. The molecule has 6 heteroatoms. The van der Waals surface area contributed by atoms with Crippen LogP contribution in [0.5, 0.6) is 5.75 Å². The van der Waals surface area contributed by atoms with Gasteiger partial charge >= 0.3 is 0 Å². The van der Waals surface area contributed by atoms with Crippen LogP contribution in [0.25, 0.3) is 0 Å². The van der Waals surface area contributed by atoms with Crippen LogP contribution >= 0.6 is 0 Å². The molecule has 1 aliphatic rings. The number of anilines is 2. The Balaban J connectivity index is 1.52. The van der Waals surface area contributed by atoms with Crippen LogP contribution in [0.4, 0.5) is 11.4 Å². The van der Waals surface area contributed by atoms with Crippen LogP contribution in [0.2, 0.25) is 0 Å². The molecule has 0 aromatic heterocycles. The minimum absolute atomic E-state index is 0.000727. The van der Waals surface area contributed by atoms with E-state index in [2.05, 4.69) is 5.32 Å². The lowest BCUT2D eigenvalue weighted by atomic mass is 9.95. The molecule has 2 amide bonds. The summed E-state index contributed by atoms with van der Waals surface area (Å²) in [6, 6.07) is 14.9. The van der Waals surface area contributed by atoms with Crippen molar-refractivity contribution in [1.82, 2.24) is 4.90 Å². The molecule has 28 heavy (non-hydrogen) atoms. The number of rotatable bonds is 5. The molecule has 0 spiro atoms. The molecule has 0 saturated carbocycles. The summed E-state index contributed by atoms with van der Waals surface area (Å²) in [6.45, 7) is 1.17. The lowest BCUT2D eigenvalue weighted by Gasteiger charge is -2.31. The predicted molar refractivity (Wildman–Crippen MR) is 111 cm³/mol. The first-order valence-electron chi connectivity index (χ1n) is 9.49. The minimum atomic E-state index is -0.0755. The lowest BCUT2D eigenvalue weighted by molar-refractivity contribution is -0.121. The molecule has 1 aliphatic heterocycles. The van der Waals surface area contributed by atoms with Crippen LogP contribution in [-0.4, -0.2) is 51.0 Å². The molecule has 0 atom stereocenters. The van der Waals surface area contributed by atoms with Crippen LogP contribution < -0.4 is 15.0 Å². The zero-order chi connectivity index (χ0) is 20.1. The van der Waals surface area contributed by atoms with Crippen molar-refractivity contribution >= 4 is 23.2 Å². The second-order valence-electron chi connectivity index (χ2n) is 7.23. The van der Waals surface area contributed by atoms with E-state index in [0.717, 1.165) is 17.1 Å². The van der Waals surface area contributed by atoms with E-state index in [0.29, 0.717) is 31.5 Å². The summed E-state index contributed by atoms with van der Waals surface area (Å²) in [7, 11) is 5.56. The van der Waals surface area contributed by atoms with Gasteiger partial charge in [0.2, 0.25) is 5.91 Å². The number of hydrogen-bond donors (Lipinski definition) is 1. The van der Waals surface area contributed by atoms with E-state index in [-0.39, 0.29) is 17.7 Å². The molecule has 0 radical (unpaired) electrons. The average Bonchev–Trinajstić information content (AvgIpc) is 2.73. The fourth-order valence-electron chi connectivity index (χ4n) is 3.35. The maximum absolute atomic E-state index is 12.6. The summed E-state index contributed by atoms with van der Waals surface area (Å²) in [5, 5.41) is 2.99. The highest BCUT2D eigenvalue weighted by atomic mass is 16.5. The van der Waals surface area contributed by atoms with Crippen molar-refractivity contribution in [1.29, 1.82) is 0 Å². The van der Waals surface area contributed by atoms with Gasteiger partial charge in [0.1, 0.15) is 5.75 Å². The number of carbonyl (C=O) groups excluding carboxylic acids is 2. The maximum atomic E-state index is 12.6. The van der Waals surface area contributed by atoms with Crippen LogP contribution in [-0.2, 0) is 4.79 Å². The molecular weight excluding hydrogens is 354 g/mol. The first kappa shape index (κ1) is 19.7. The maximum Gasteiger partial charge on any atom is 0.253 e. The van der Waals surface area contributed by atoms with E-state index in [9.17, 15) is 9.59 Å². The fraction of sp³-hybridized carbons (Fsp3) is 0.364. The molecule has 2 aromatic rings. The normalized spacial score (nSPS) is 14.5. The smallest absolute Gasteiger partial charge is 0.253 e. The van der Waals surface area contributed by atoms with Gasteiger partial charge in [-0.1, -0.05) is 0 Å². The van der Waals surface area contributed by atoms with Gasteiger partial charge in [-0.15, -0.1) is 0 Å². The highest BCUT2D eigenvalue weighted by Crippen LogP contribution is 2.23. The monoisotopic (exact) mass is 381 g/mol. The number of likely N-dealkylation sites (tertiary alicyclic amines) is 1. The summed E-state index contributed by atoms with van der Waals surface area (Å²) in [5.41, 5.74) is 2.53. The number of piperidine rings is 1. The largest absolute Gasteiger partial charge is 0.497 e. The summed E-state index contributed by atoms with van der Waals surface area (Å²) in [5.74, 6) is 0.675. The highest BCUT2D eigenvalue weighted by Gasteiger charge is 2.27. The SMILES string of the molecule is COc1ccc(C(=O)N2CCC(C(=O)Nc3ccc(N(C)C)cc3)CC2)cc1. The van der Waals surface area contributed by atoms with Gasteiger partial charge < -0.3 is 19.9 Å². The summed E-state index contributed by atoms with van der Waals surface area (Å²) in [6.07, 6.45) is 1.34. The van der Waals surface area contributed by atoms with Crippen LogP contribution in [0.15, 0.2) is 48.5 Å². The standard InChI is InChI=1S/C22H27N3O3/c1-24(2)19-8-6-18(7-9-19)23-21(26)16-12-14-25(15-13-16)22(27)17-4-10-20(28-3)11-5-17/h4-11,16H,12-15H2,1-3H3,(H,23,26). The van der Waals surface area contributed by atoms with Crippen molar-refractivity contribution in [3.63, 3.8) is 0 Å². The van der Waals surface area contributed by atoms with Gasteiger partial charge in [-0.05, 0) is 61.4 Å². The Morgan fingerprint density at radius 2 is 1.61 bits per heavy atom. The number of nitrogens with zero attached hydrogens (tertiary/aromatic N) is 2. The number of carbonyl (C=O) groups is 2. The van der Waals surface area contributed by atoms with Gasteiger partial charge in [0.05, 0.1) is 7.11 Å². The third-order valence-electron chi connectivity index (χ3n) is 5.14. The van der Waals surface area contributed by atoms with E-state index >= 15 is 0 Å². The number of amides is 2. The Labute approximate surface area is 166 Å². The van der Waals surface area contributed by atoms with E-state index < -0.39 is 0 Å². The first-order valence-corrected chi connectivity index (χ1v) is 9.49. The van der Waals surface area contributed by atoms with E-state index in [4.69, 9.17) is 4.74 Å². The van der Waals surface area contributed by atoms with Crippen LogP contribution in [0.1, 0.15) is 23.2 Å². The predicted octanol–water partition coefficient (Wildman–Crippen LogP) is 3.25. The molecule has 3 rings (SSSR count).